The second kappa shape index (κ2) is 7.04. The molecule has 0 saturated carbocycles. The average Bonchev–Trinajstić information content (AvgIpc) is 2.51. The van der Waals surface area contributed by atoms with Crippen molar-refractivity contribution in [3.05, 3.63) is 58.7 Å². The zero-order valence-electron chi connectivity index (χ0n) is 13.1. The normalized spacial score (nSPS) is 10.9. The molecule has 0 saturated heterocycles. The van der Waals surface area contributed by atoms with Gasteiger partial charge in [0.2, 0.25) is 0 Å². The molecule has 0 spiro atoms. The molecular weight excluding hydrogens is 348 g/mol. The molecule has 0 atom stereocenters. The Morgan fingerprint density at radius 2 is 1.96 bits per heavy atom. The predicted molar refractivity (Wildman–Crippen MR) is 93.0 cm³/mol. The number of nitrogens with zero attached hydrogens (tertiary/aromatic N) is 1. The van der Waals surface area contributed by atoms with E-state index in [0.717, 1.165) is 11.8 Å². The number of sulfone groups is 1. The van der Waals surface area contributed by atoms with Crippen molar-refractivity contribution in [2.75, 3.05) is 11.6 Å². The summed E-state index contributed by atoms with van der Waals surface area (Å²) >= 11 is 5.51. The molecule has 0 aliphatic carbocycles. The van der Waals surface area contributed by atoms with Crippen molar-refractivity contribution in [2.24, 2.45) is 0 Å². The lowest BCUT2D eigenvalue weighted by atomic mass is 10.1. The molecule has 2 rings (SSSR count). The van der Waals surface area contributed by atoms with Crippen LogP contribution in [-0.2, 0) is 16.4 Å². The zero-order chi connectivity index (χ0) is 17.9. The molecule has 0 aromatic heterocycles. The number of carbonyl (C=O) groups is 1. The number of aryl methyl sites for hydroxylation is 1. The lowest BCUT2D eigenvalue weighted by Gasteiger charge is -2.14. The molecule has 0 aliphatic heterocycles. The fraction of sp³-hybridized carbons (Fsp3) is 0.176. The van der Waals surface area contributed by atoms with E-state index in [2.05, 4.69) is 11.4 Å². The van der Waals surface area contributed by atoms with Gasteiger partial charge in [0.1, 0.15) is 0 Å². The lowest BCUT2D eigenvalue weighted by molar-refractivity contribution is 0.108. The predicted octanol–water partition coefficient (Wildman–Crippen LogP) is 3.26. The Hall–Kier alpha value is -2.36. The Morgan fingerprint density at radius 1 is 1.29 bits per heavy atom. The number of rotatable bonds is 5. The summed E-state index contributed by atoms with van der Waals surface area (Å²) in [5, 5.41) is 11.4. The quantitative estimate of drug-likeness (QED) is 0.825. The molecular formula is C17H15ClN2O3S. The largest absolute Gasteiger partial charge is 0.380 e. The number of carbonyl (C=O) groups excluding carboxylic acids is 1. The molecule has 0 heterocycles. The van der Waals surface area contributed by atoms with Crippen LogP contribution in [0.25, 0.3) is 0 Å². The van der Waals surface area contributed by atoms with Crippen LogP contribution in [0.4, 0.5) is 5.69 Å². The maximum Gasteiger partial charge on any atom is 0.252 e. The van der Waals surface area contributed by atoms with E-state index in [9.17, 15) is 13.2 Å². The summed E-state index contributed by atoms with van der Waals surface area (Å²) in [5.41, 5.74) is 2.34. The molecule has 0 bridgehead atoms. The van der Waals surface area contributed by atoms with E-state index in [1.54, 1.807) is 37.3 Å². The van der Waals surface area contributed by atoms with Crippen molar-refractivity contribution in [3.63, 3.8) is 0 Å². The number of anilines is 1. The van der Waals surface area contributed by atoms with Crippen LogP contribution in [0.5, 0.6) is 0 Å². The minimum atomic E-state index is -3.56. The van der Waals surface area contributed by atoms with Crippen molar-refractivity contribution in [1.29, 1.82) is 5.26 Å². The number of nitriles is 1. The lowest BCUT2D eigenvalue weighted by Crippen LogP contribution is -2.09. The Balaban J connectivity index is 2.45. The van der Waals surface area contributed by atoms with Crippen molar-refractivity contribution in [2.45, 2.75) is 18.4 Å². The summed E-state index contributed by atoms with van der Waals surface area (Å²) in [6, 6.07) is 12.0. The molecule has 5 nitrogen and oxygen atoms in total. The fourth-order valence-electron chi connectivity index (χ4n) is 2.32. The van der Waals surface area contributed by atoms with Crippen molar-refractivity contribution in [1.82, 2.24) is 0 Å². The zero-order valence-corrected chi connectivity index (χ0v) is 14.7. The number of hydrogen-bond donors (Lipinski definition) is 1. The van der Waals surface area contributed by atoms with Gasteiger partial charge in [-0.15, -0.1) is 0 Å². The van der Waals surface area contributed by atoms with Gasteiger partial charge >= 0.3 is 0 Å². The summed E-state index contributed by atoms with van der Waals surface area (Å²) in [5.74, 6) is 0. The van der Waals surface area contributed by atoms with E-state index in [4.69, 9.17) is 16.9 Å². The van der Waals surface area contributed by atoms with Gasteiger partial charge in [-0.25, -0.2) is 8.42 Å². The second-order valence-electron chi connectivity index (χ2n) is 5.33. The highest BCUT2D eigenvalue weighted by atomic mass is 35.5. The van der Waals surface area contributed by atoms with Crippen LogP contribution >= 0.6 is 11.6 Å². The minimum absolute atomic E-state index is 0.00783. The summed E-state index contributed by atoms with van der Waals surface area (Å²) in [6.07, 6.45) is 1.06. The van der Waals surface area contributed by atoms with Crippen LogP contribution in [0.2, 0.25) is 0 Å². The number of nitrogens with one attached hydrogen (secondary N) is 1. The smallest absolute Gasteiger partial charge is 0.252 e. The van der Waals surface area contributed by atoms with Crippen molar-refractivity contribution < 1.29 is 13.2 Å². The third-order valence-corrected chi connectivity index (χ3v) is 4.89. The van der Waals surface area contributed by atoms with Gasteiger partial charge in [0.05, 0.1) is 22.2 Å². The standard InChI is InChI=1S/C17H15ClN2O3S/c1-11-7-15(16(24(2,22)23)8-14(11)17(18)21)20-10-13-6-4-3-5-12(13)9-19/h3-8,20H,10H2,1-2H3. The van der Waals surface area contributed by atoms with E-state index in [1.807, 2.05) is 0 Å². The van der Waals surface area contributed by atoms with E-state index >= 15 is 0 Å². The first-order chi connectivity index (χ1) is 11.2. The molecule has 0 fully saturated rings. The van der Waals surface area contributed by atoms with E-state index < -0.39 is 15.1 Å². The third kappa shape index (κ3) is 3.94. The summed E-state index contributed by atoms with van der Waals surface area (Å²) in [6.45, 7) is 1.95. The SMILES string of the molecule is Cc1cc(NCc2ccccc2C#N)c(S(C)(=O)=O)cc1C(=O)Cl. The van der Waals surface area contributed by atoms with Crippen LogP contribution in [0.3, 0.4) is 0 Å². The Morgan fingerprint density at radius 3 is 2.54 bits per heavy atom. The van der Waals surface area contributed by atoms with Crippen molar-refractivity contribution in [3.8, 4) is 6.07 Å². The van der Waals surface area contributed by atoms with Gasteiger partial charge in [-0.3, -0.25) is 4.79 Å². The first-order valence-corrected chi connectivity index (χ1v) is 9.27. The number of halogens is 1. The summed E-state index contributed by atoms with van der Waals surface area (Å²) in [4.78, 5) is 11.4. The van der Waals surface area contributed by atoms with Crippen LogP contribution in [-0.4, -0.2) is 19.9 Å². The summed E-state index contributed by atoms with van der Waals surface area (Å²) in [7, 11) is -3.56. The van der Waals surface area contributed by atoms with E-state index in [1.165, 1.54) is 6.07 Å². The van der Waals surface area contributed by atoms with Crippen LogP contribution in [0.1, 0.15) is 27.0 Å². The van der Waals surface area contributed by atoms with E-state index in [-0.39, 0.29) is 17.0 Å². The maximum atomic E-state index is 12.0. The second-order valence-corrected chi connectivity index (χ2v) is 7.66. The Kier molecular flexibility index (Phi) is 5.27. The molecule has 2 aromatic rings. The van der Waals surface area contributed by atoms with Crippen LogP contribution in [0.15, 0.2) is 41.3 Å². The van der Waals surface area contributed by atoms with Gasteiger partial charge in [0, 0.05) is 18.4 Å². The van der Waals surface area contributed by atoms with Gasteiger partial charge in [-0.2, -0.15) is 5.26 Å². The van der Waals surface area contributed by atoms with Gasteiger partial charge in [-0.1, -0.05) is 18.2 Å². The van der Waals surface area contributed by atoms with Crippen LogP contribution in [0, 0.1) is 18.3 Å². The van der Waals surface area contributed by atoms with Crippen LogP contribution < -0.4 is 5.32 Å². The molecule has 2 aromatic carbocycles. The highest BCUT2D eigenvalue weighted by molar-refractivity contribution is 7.90. The topological polar surface area (TPSA) is 87.0 Å². The van der Waals surface area contributed by atoms with E-state index in [0.29, 0.717) is 16.8 Å². The first kappa shape index (κ1) is 18.0. The minimum Gasteiger partial charge on any atom is -0.380 e. The molecule has 124 valence electrons. The third-order valence-electron chi connectivity index (χ3n) is 3.54. The highest BCUT2D eigenvalue weighted by Gasteiger charge is 2.18. The molecule has 0 aliphatic rings. The monoisotopic (exact) mass is 362 g/mol. The van der Waals surface area contributed by atoms with Gasteiger partial charge in [0.15, 0.2) is 9.84 Å². The summed E-state index contributed by atoms with van der Waals surface area (Å²) < 4.78 is 24.1. The van der Waals surface area contributed by atoms with Crippen molar-refractivity contribution >= 4 is 32.4 Å². The Bertz CT molecular complexity index is 947. The van der Waals surface area contributed by atoms with Gasteiger partial charge < -0.3 is 5.32 Å². The van der Waals surface area contributed by atoms with Gasteiger partial charge in [-0.05, 0) is 47.9 Å². The number of benzene rings is 2. The molecule has 24 heavy (non-hydrogen) atoms. The Labute approximate surface area is 145 Å². The molecule has 0 unspecified atom stereocenters. The molecule has 0 amide bonds. The highest BCUT2D eigenvalue weighted by Crippen LogP contribution is 2.27. The van der Waals surface area contributed by atoms with Gasteiger partial charge in [0.25, 0.3) is 5.24 Å². The molecule has 1 N–H and O–H groups in total. The average molecular weight is 363 g/mol. The molecule has 7 heteroatoms. The number of hydrogen-bond acceptors (Lipinski definition) is 5. The first-order valence-electron chi connectivity index (χ1n) is 7.00. The maximum absolute atomic E-state index is 12.0. The molecule has 0 radical (unpaired) electrons. The fourth-order valence-corrected chi connectivity index (χ4v) is 3.38.